The summed E-state index contributed by atoms with van der Waals surface area (Å²) in [5.74, 6) is 2.54. The third-order valence-corrected chi connectivity index (χ3v) is 5.45. The van der Waals surface area contributed by atoms with E-state index in [0.717, 1.165) is 63.9 Å². The van der Waals surface area contributed by atoms with Crippen molar-refractivity contribution in [2.24, 2.45) is 0 Å². The van der Waals surface area contributed by atoms with Gasteiger partial charge in [0.1, 0.15) is 5.75 Å². The molecule has 0 bridgehead atoms. The van der Waals surface area contributed by atoms with Gasteiger partial charge in [-0.2, -0.15) is 0 Å². The van der Waals surface area contributed by atoms with Crippen molar-refractivity contribution in [3.05, 3.63) is 70.9 Å². The molecule has 4 aromatic rings. The van der Waals surface area contributed by atoms with Gasteiger partial charge in [0.2, 0.25) is 0 Å². The number of hydrogen-bond donors (Lipinski definition) is 0. The highest BCUT2D eigenvalue weighted by Crippen LogP contribution is 2.27. The van der Waals surface area contributed by atoms with Gasteiger partial charge in [0.05, 0.1) is 23.9 Å². The minimum atomic E-state index is 0.670. The molecule has 5 heteroatoms. The zero-order chi connectivity index (χ0) is 19.5. The monoisotopic (exact) mass is 394 g/mol. The molecular weight excluding hydrogens is 372 g/mol. The molecule has 0 N–H and O–H groups in total. The molecule has 0 spiro atoms. The van der Waals surface area contributed by atoms with Crippen molar-refractivity contribution in [2.75, 3.05) is 6.61 Å². The van der Waals surface area contributed by atoms with Crippen LogP contribution >= 0.6 is 11.6 Å². The van der Waals surface area contributed by atoms with Gasteiger partial charge in [-0.25, -0.2) is 4.98 Å². The van der Waals surface area contributed by atoms with Gasteiger partial charge >= 0.3 is 0 Å². The Morgan fingerprint density at radius 2 is 1.82 bits per heavy atom. The molecule has 0 radical (unpaired) electrons. The maximum absolute atomic E-state index is 6.22. The topological polar surface area (TPSA) is 40.2 Å². The maximum Gasteiger partial charge on any atom is 0.177 e. The number of rotatable bonds is 7. The van der Waals surface area contributed by atoms with Crippen molar-refractivity contribution in [3.8, 4) is 17.3 Å². The number of nitrogens with zero attached hydrogens (tertiary/aromatic N) is 2. The van der Waals surface area contributed by atoms with Crippen molar-refractivity contribution < 1.29 is 9.15 Å². The Kier molecular flexibility index (Phi) is 5.40. The minimum Gasteiger partial charge on any atom is -0.494 e. The van der Waals surface area contributed by atoms with Gasteiger partial charge in [-0.3, -0.25) is 0 Å². The number of para-hydroxylation sites is 2. The van der Waals surface area contributed by atoms with E-state index in [-0.39, 0.29) is 0 Å². The van der Waals surface area contributed by atoms with Crippen LogP contribution in [0, 0.1) is 13.8 Å². The number of unbranched alkanes of at least 4 members (excludes halogenated alkanes) is 1. The van der Waals surface area contributed by atoms with Crippen molar-refractivity contribution in [1.29, 1.82) is 0 Å². The van der Waals surface area contributed by atoms with E-state index in [1.807, 2.05) is 56.3 Å². The van der Waals surface area contributed by atoms with E-state index in [4.69, 9.17) is 25.7 Å². The van der Waals surface area contributed by atoms with Crippen molar-refractivity contribution in [1.82, 2.24) is 9.55 Å². The average Bonchev–Trinajstić information content (AvgIpc) is 3.33. The van der Waals surface area contributed by atoms with Crippen molar-refractivity contribution in [2.45, 2.75) is 33.2 Å². The van der Waals surface area contributed by atoms with Crippen LogP contribution in [0.15, 0.2) is 59.2 Å². The first kappa shape index (κ1) is 18.6. The van der Waals surface area contributed by atoms with Crippen LogP contribution in [0.25, 0.3) is 22.6 Å². The number of aryl methyl sites for hydroxylation is 3. The van der Waals surface area contributed by atoms with Crippen LogP contribution in [0.1, 0.15) is 24.0 Å². The molecule has 0 atom stereocenters. The number of furan rings is 1. The van der Waals surface area contributed by atoms with E-state index in [2.05, 4.69) is 10.6 Å². The first-order valence-electron chi connectivity index (χ1n) is 9.52. The molecule has 2 heterocycles. The Bertz CT molecular complexity index is 1060. The number of aromatic nitrogens is 2. The van der Waals surface area contributed by atoms with Gasteiger partial charge < -0.3 is 13.7 Å². The lowest BCUT2D eigenvalue weighted by Crippen LogP contribution is -2.04. The lowest BCUT2D eigenvalue weighted by Gasteiger charge is -2.11. The Hall–Kier alpha value is -2.72. The lowest BCUT2D eigenvalue weighted by atomic mass is 10.1. The summed E-state index contributed by atoms with van der Waals surface area (Å²) in [4.78, 5) is 4.75. The average molecular weight is 395 g/mol. The molecule has 4 rings (SSSR count). The van der Waals surface area contributed by atoms with Crippen LogP contribution in [-0.2, 0) is 6.54 Å². The van der Waals surface area contributed by atoms with E-state index in [1.54, 1.807) is 6.26 Å². The maximum atomic E-state index is 6.22. The first-order chi connectivity index (χ1) is 13.6. The number of halogens is 1. The molecule has 0 aliphatic heterocycles. The minimum absolute atomic E-state index is 0.670. The molecule has 4 nitrogen and oxygen atoms in total. The molecule has 0 fully saturated rings. The molecule has 0 unspecified atom stereocenters. The van der Waals surface area contributed by atoms with Crippen LogP contribution < -0.4 is 4.74 Å². The lowest BCUT2D eigenvalue weighted by molar-refractivity contribution is 0.303. The van der Waals surface area contributed by atoms with E-state index in [9.17, 15) is 0 Å². The summed E-state index contributed by atoms with van der Waals surface area (Å²) >= 11 is 6.22. The zero-order valence-corrected chi connectivity index (χ0v) is 16.9. The Morgan fingerprint density at radius 3 is 2.57 bits per heavy atom. The summed E-state index contributed by atoms with van der Waals surface area (Å²) in [6, 6.07) is 16.0. The SMILES string of the molecule is Cc1cc(OCCCCn2c(-c3ccco3)nc3ccccc32)cc(C)c1Cl. The molecule has 0 saturated carbocycles. The molecule has 144 valence electrons. The molecule has 0 aliphatic rings. The van der Waals surface area contributed by atoms with Gasteiger partial charge in [-0.1, -0.05) is 23.7 Å². The summed E-state index contributed by atoms with van der Waals surface area (Å²) in [5, 5.41) is 0.810. The zero-order valence-electron chi connectivity index (χ0n) is 16.1. The Balaban J connectivity index is 1.41. The highest BCUT2D eigenvalue weighted by molar-refractivity contribution is 6.32. The van der Waals surface area contributed by atoms with Crippen LogP contribution in [0.3, 0.4) is 0 Å². The Morgan fingerprint density at radius 1 is 1.04 bits per heavy atom. The highest BCUT2D eigenvalue weighted by atomic mass is 35.5. The molecule has 0 amide bonds. The smallest absolute Gasteiger partial charge is 0.177 e. The van der Waals surface area contributed by atoms with Gasteiger partial charge in [-0.15, -0.1) is 0 Å². The summed E-state index contributed by atoms with van der Waals surface area (Å²) in [5.41, 5.74) is 4.20. The summed E-state index contributed by atoms with van der Waals surface area (Å²) in [6.45, 7) is 5.53. The first-order valence-corrected chi connectivity index (χ1v) is 9.90. The van der Waals surface area contributed by atoms with Crippen molar-refractivity contribution >= 4 is 22.6 Å². The Labute approximate surface area is 169 Å². The van der Waals surface area contributed by atoms with Crippen LogP contribution in [0.4, 0.5) is 0 Å². The second-order valence-electron chi connectivity index (χ2n) is 6.98. The fourth-order valence-electron chi connectivity index (χ4n) is 3.45. The standard InChI is InChI=1S/C23H23ClN2O2/c1-16-14-18(15-17(2)22(16)24)27-12-6-5-11-26-20-9-4-3-8-19(20)25-23(26)21-10-7-13-28-21/h3-4,7-10,13-15H,5-6,11-12H2,1-2H3. The largest absolute Gasteiger partial charge is 0.494 e. The molecule has 0 aliphatic carbocycles. The third kappa shape index (κ3) is 3.78. The van der Waals surface area contributed by atoms with E-state index >= 15 is 0 Å². The van der Waals surface area contributed by atoms with E-state index in [1.165, 1.54) is 0 Å². The molecule has 2 aromatic heterocycles. The number of fused-ring (bicyclic) bond motifs is 1. The number of hydrogen-bond acceptors (Lipinski definition) is 3. The molecule has 2 aromatic carbocycles. The predicted octanol–water partition coefficient (Wildman–Crippen LogP) is 6.43. The highest BCUT2D eigenvalue weighted by Gasteiger charge is 2.14. The summed E-state index contributed by atoms with van der Waals surface area (Å²) in [7, 11) is 0. The number of ether oxygens (including phenoxy) is 1. The fourth-order valence-corrected chi connectivity index (χ4v) is 3.56. The fraction of sp³-hybridized carbons (Fsp3) is 0.261. The predicted molar refractivity (Wildman–Crippen MR) is 113 cm³/mol. The summed E-state index contributed by atoms with van der Waals surface area (Å²) < 4.78 is 13.7. The van der Waals surface area contributed by atoms with Gasteiger partial charge in [0.25, 0.3) is 0 Å². The molecule has 0 saturated heterocycles. The van der Waals surface area contributed by atoms with Gasteiger partial charge in [-0.05, 0) is 74.2 Å². The third-order valence-electron chi connectivity index (χ3n) is 4.85. The van der Waals surface area contributed by atoms with Crippen molar-refractivity contribution in [3.63, 3.8) is 0 Å². The van der Waals surface area contributed by atoms with Gasteiger partial charge in [0, 0.05) is 11.6 Å². The van der Waals surface area contributed by atoms with E-state index < -0.39 is 0 Å². The normalized spacial score (nSPS) is 11.2. The van der Waals surface area contributed by atoms with Crippen LogP contribution in [-0.4, -0.2) is 16.2 Å². The molecule has 28 heavy (non-hydrogen) atoms. The van der Waals surface area contributed by atoms with Gasteiger partial charge in [0.15, 0.2) is 11.6 Å². The number of benzene rings is 2. The van der Waals surface area contributed by atoms with Crippen LogP contribution in [0.2, 0.25) is 5.02 Å². The van der Waals surface area contributed by atoms with Crippen LogP contribution in [0.5, 0.6) is 5.75 Å². The quantitative estimate of drug-likeness (QED) is 0.339. The summed E-state index contributed by atoms with van der Waals surface area (Å²) in [6.07, 6.45) is 3.62. The number of imidazole rings is 1. The van der Waals surface area contributed by atoms with E-state index in [0.29, 0.717) is 6.61 Å². The second-order valence-corrected chi connectivity index (χ2v) is 7.36. The molecular formula is C23H23ClN2O2. The second kappa shape index (κ2) is 8.11.